The van der Waals surface area contributed by atoms with Gasteiger partial charge in [-0.3, -0.25) is 9.69 Å². The molecule has 15 heavy (non-hydrogen) atoms. The van der Waals surface area contributed by atoms with Gasteiger partial charge in [0.25, 0.3) is 0 Å². The zero-order valence-electron chi connectivity index (χ0n) is 9.40. The predicted octanol–water partition coefficient (Wildman–Crippen LogP) is 1.32. The molecule has 1 rings (SSSR count). The third-order valence-electron chi connectivity index (χ3n) is 2.62. The summed E-state index contributed by atoms with van der Waals surface area (Å²) in [5, 5.41) is 8.55. The van der Waals surface area contributed by atoms with Gasteiger partial charge in [-0.1, -0.05) is 0 Å². The molecule has 1 aliphatic rings. The van der Waals surface area contributed by atoms with E-state index in [0.717, 1.165) is 12.8 Å². The molecule has 0 amide bonds. The molecule has 0 saturated heterocycles. The fraction of sp³-hybridized carbons (Fsp3) is 0.818. The Morgan fingerprint density at radius 2 is 2.33 bits per heavy atom. The molecule has 1 aliphatic carbocycles. The molecule has 0 heterocycles. The highest BCUT2D eigenvalue weighted by Gasteiger charge is 2.35. The normalized spacial score (nSPS) is 17.2. The van der Waals surface area contributed by atoms with Gasteiger partial charge in [0.1, 0.15) is 6.04 Å². The van der Waals surface area contributed by atoms with Crippen LogP contribution in [0.4, 0.5) is 0 Å². The lowest BCUT2D eigenvalue weighted by atomic mass is 10.2. The van der Waals surface area contributed by atoms with Gasteiger partial charge in [0.05, 0.1) is 12.7 Å². The molecule has 0 aromatic carbocycles. The Morgan fingerprint density at radius 3 is 2.80 bits per heavy atom. The van der Waals surface area contributed by atoms with Crippen molar-refractivity contribution in [2.24, 2.45) is 0 Å². The standard InChI is InChI=1S/C11H18N2O2/c1-3-15-11(14)9(2)13(8-4-7-12)10-5-6-10/h9-10H,3-6,8H2,1-2H3. The molecule has 0 bridgehead atoms. The van der Waals surface area contributed by atoms with Gasteiger partial charge >= 0.3 is 5.97 Å². The van der Waals surface area contributed by atoms with Crippen LogP contribution < -0.4 is 0 Å². The SMILES string of the molecule is CCOC(=O)C(C)N(CCC#N)C1CC1. The topological polar surface area (TPSA) is 53.3 Å². The van der Waals surface area contributed by atoms with Crippen LogP contribution in [0.3, 0.4) is 0 Å². The molecular formula is C11H18N2O2. The van der Waals surface area contributed by atoms with E-state index in [9.17, 15) is 4.79 Å². The number of hydrogen-bond acceptors (Lipinski definition) is 4. The Labute approximate surface area is 90.8 Å². The average molecular weight is 210 g/mol. The van der Waals surface area contributed by atoms with Crippen LogP contribution in [0, 0.1) is 11.3 Å². The van der Waals surface area contributed by atoms with Crippen molar-refractivity contribution in [2.75, 3.05) is 13.2 Å². The van der Waals surface area contributed by atoms with Gasteiger partial charge in [0.2, 0.25) is 0 Å². The van der Waals surface area contributed by atoms with E-state index in [4.69, 9.17) is 10.00 Å². The molecule has 1 saturated carbocycles. The summed E-state index contributed by atoms with van der Waals surface area (Å²) in [4.78, 5) is 13.6. The second-order valence-electron chi connectivity index (χ2n) is 3.81. The minimum absolute atomic E-state index is 0.178. The lowest BCUT2D eigenvalue weighted by molar-refractivity contribution is -0.149. The Hall–Kier alpha value is -1.08. The van der Waals surface area contributed by atoms with Gasteiger partial charge in [-0.05, 0) is 26.7 Å². The number of ether oxygens (including phenoxy) is 1. The van der Waals surface area contributed by atoms with Crippen LogP contribution in [0.5, 0.6) is 0 Å². The predicted molar refractivity (Wildman–Crippen MR) is 56.1 cm³/mol. The highest BCUT2D eigenvalue weighted by molar-refractivity contribution is 5.75. The Bertz CT molecular complexity index is 256. The van der Waals surface area contributed by atoms with E-state index in [0.29, 0.717) is 25.6 Å². The molecule has 1 atom stereocenters. The first kappa shape index (κ1) is 12.0. The maximum Gasteiger partial charge on any atom is 0.323 e. The fourth-order valence-corrected chi connectivity index (χ4v) is 1.68. The number of rotatable bonds is 6. The summed E-state index contributed by atoms with van der Waals surface area (Å²) in [5.74, 6) is -0.178. The van der Waals surface area contributed by atoms with Crippen LogP contribution >= 0.6 is 0 Å². The van der Waals surface area contributed by atoms with Crippen LogP contribution in [0.1, 0.15) is 33.1 Å². The molecule has 0 aromatic heterocycles. The number of esters is 1. The van der Waals surface area contributed by atoms with Crippen molar-refractivity contribution < 1.29 is 9.53 Å². The summed E-state index contributed by atoms with van der Waals surface area (Å²) in [6.45, 7) is 4.75. The zero-order chi connectivity index (χ0) is 11.3. The average Bonchev–Trinajstić information content (AvgIpc) is 3.02. The third kappa shape index (κ3) is 3.52. The quantitative estimate of drug-likeness (QED) is 0.620. The van der Waals surface area contributed by atoms with Crippen molar-refractivity contribution in [2.45, 2.75) is 45.2 Å². The minimum atomic E-state index is -0.217. The number of nitriles is 1. The summed E-state index contributed by atoms with van der Waals surface area (Å²) in [6, 6.07) is 2.38. The van der Waals surface area contributed by atoms with Crippen LogP contribution in [0.15, 0.2) is 0 Å². The molecule has 0 aromatic rings. The van der Waals surface area contributed by atoms with Crippen LogP contribution in [0.2, 0.25) is 0 Å². The van der Waals surface area contributed by atoms with Crippen molar-refractivity contribution in [3.63, 3.8) is 0 Å². The number of hydrogen-bond donors (Lipinski definition) is 0. The smallest absolute Gasteiger partial charge is 0.323 e. The Kier molecular flexibility index (Phi) is 4.57. The van der Waals surface area contributed by atoms with E-state index >= 15 is 0 Å². The van der Waals surface area contributed by atoms with Gasteiger partial charge in [-0.25, -0.2) is 0 Å². The van der Waals surface area contributed by atoms with Gasteiger partial charge in [-0.15, -0.1) is 0 Å². The summed E-state index contributed by atoms with van der Waals surface area (Å²) in [7, 11) is 0. The van der Waals surface area contributed by atoms with Crippen LogP contribution in [-0.4, -0.2) is 36.1 Å². The van der Waals surface area contributed by atoms with Crippen LogP contribution in [-0.2, 0) is 9.53 Å². The molecule has 84 valence electrons. The van der Waals surface area contributed by atoms with Crippen molar-refractivity contribution >= 4 is 5.97 Å². The summed E-state index contributed by atoms with van der Waals surface area (Å²) < 4.78 is 4.98. The maximum atomic E-state index is 11.5. The molecule has 4 nitrogen and oxygen atoms in total. The van der Waals surface area contributed by atoms with Gasteiger partial charge in [-0.2, -0.15) is 5.26 Å². The zero-order valence-corrected chi connectivity index (χ0v) is 9.40. The van der Waals surface area contributed by atoms with Gasteiger partial charge in [0.15, 0.2) is 0 Å². The highest BCUT2D eigenvalue weighted by Crippen LogP contribution is 2.28. The first-order valence-corrected chi connectivity index (χ1v) is 5.50. The van der Waals surface area contributed by atoms with Gasteiger partial charge in [0, 0.05) is 19.0 Å². The molecule has 0 spiro atoms. The number of carbonyl (C=O) groups is 1. The molecule has 0 aliphatic heterocycles. The largest absolute Gasteiger partial charge is 0.465 e. The second kappa shape index (κ2) is 5.72. The van der Waals surface area contributed by atoms with E-state index in [1.165, 1.54) is 0 Å². The molecule has 0 N–H and O–H groups in total. The molecule has 1 unspecified atom stereocenters. The Morgan fingerprint density at radius 1 is 1.67 bits per heavy atom. The lowest BCUT2D eigenvalue weighted by Gasteiger charge is -2.26. The highest BCUT2D eigenvalue weighted by atomic mass is 16.5. The van der Waals surface area contributed by atoms with E-state index in [1.807, 2.05) is 6.92 Å². The van der Waals surface area contributed by atoms with E-state index < -0.39 is 0 Å². The molecule has 0 radical (unpaired) electrons. The molecule has 4 heteroatoms. The van der Waals surface area contributed by atoms with Gasteiger partial charge < -0.3 is 4.74 Å². The first-order valence-electron chi connectivity index (χ1n) is 5.50. The number of carbonyl (C=O) groups excluding carboxylic acids is 1. The van der Waals surface area contributed by atoms with Crippen LogP contribution in [0.25, 0.3) is 0 Å². The lowest BCUT2D eigenvalue weighted by Crippen LogP contribution is -2.42. The minimum Gasteiger partial charge on any atom is -0.465 e. The molecule has 1 fully saturated rings. The van der Waals surface area contributed by atoms with E-state index in [2.05, 4.69) is 11.0 Å². The Balaban J connectivity index is 2.47. The third-order valence-corrected chi connectivity index (χ3v) is 2.62. The fourth-order valence-electron chi connectivity index (χ4n) is 1.68. The van der Waals surface area contributed by atoms with Crippen molar-refractivity contribution in [1.29, 1.82) is 5.26 Å². The van der Waals surface area contributed by atoms with Crippen molar-refractivity contribution in [3.05, 3.63) is 0 Å². The van der Waals surface area contributed by atoms with E-state index in [-0.39, 0.29) is 12.0 Å². The number of nitrogens with zero attached hydrogens (tertiary/aromatic N) is 2. The summed E-state index contributed by atoms with van der Waals surface area (Å²) in [6.07, 6.45) is 2.74. The monoisotopic (exact) mass is 210 g/mol. The van der Waals surface area contributed by atoms with E-state index in [1.54, 1.807) is 6.92 Å². The summed E-state index contributed by atoms with van der Waals surface area (Å²) in [5.41, 5.74) is 0. The maximum absolute atomic E-state index is 11.5. The van der Waals surface area contributed by atoms with Crippen molar-refractivity contribution in [3.8, 4) is 6.07 Å². The second-order valence-corrected chi connectivity index (χ2v) is 3.81. The summed E-state index contributed by atoms with van der Waals surface area (Å²) >= 11 is 0. The first-order chi connectivity index (χ1) is 7.20. The van der Waals surface area contributed by atoms with Crippen molar-refractivity contribution in [1.82, 2.24) is 4.90 Å². The molecular weight excluding hydrogens is 192 g/mol.